The summed E-state index contributed by atoms with van der Waals surface area (Å²) in [6, 6.07) is 18.7. The maximum absolute atomic E-state index is 6.32. The van der Waals surface area contributed by atoms with E-state index < -0.39 is 0 Å². The number of ether oxygens (including phenoxy) is 1. The molecule has 4 nitrogen and oxygen atoms in total. The molecule has 2 aromatic carbocycles. The summed E-state index contributed by atoms with van der Waals surface area (Å²) in [5.74, 6) is 2.05. The average molecular weight is 364 g/mol. The number of rotatable bonds is 8. The summed E-state index contributed by atoms with van der Waals surface area (Å²) < 4.78 is 7.53. The molecule has 0 unspecified atom stereocenters. The van der Waals surface area contributed by atoms with Crippen LogP contribution in [0.2, 0.25) is 0 Å². The number of imidazole rings is 1. The zero-order valence-corrected chi connectivity index (χ0v) is 16.5. The van der Waals surface area contributed by atoms with Gasteiger partial charge in [0, 0.05) is 18.7 Å². The zero-order chi connectivity index (χ0) is 19.2. The highest BCUT2D eigenvalue weighted by Gasteiger charge is 2.17. The summed E-state index contributed by atoms with van der Waals surface area (Å²) in [6.45, 7) is 5.30. The summed E-state index contributed by atoms with van der Waals surface area (Å²) in [5.41, 5.74) is 11.2. The number of nitrogens with two attached hydrogens (primary N) is 1. The molecule has 0 saturated carbocycles. The van der Waals surface area contributed by atoms with Crippen LogP contribution >= 0.6 is 0 Å². The molecule has 0 spiro atoms. The molecule has 1 heterocycles. The van der Waals surface area contributed by atoms with Crippen molar-refractivity contribution in [3.8, 4) is 5.75 Å². The first-order chi connectivity index (χ1) is 13.1. The molecular weight excluding hydrogens is 334 g/mol. The fourth-order valence-electron chi connectivity index (χ4n) is 3.42. The van der Waals surface area contributed by atoms with Crippen LogP contribution in [0.1, 0.15) is 36.4 Å². The maximum atomic E-state index is 6.32. The maximum Gasteiger partial charge on any atom is 0.200 e. The molecule has 0 aliphatic rings. The number of hydrogen-bond acceptors (Lipinski definition) is 3. The van der Waals surface area contributed by atoms with Crippen LogP contribution in [0.5, 0.6) is 5.75 Å². The van der Waals surface area contributed by atoms with Crippen molar-refractivity contribution in [1.29, 1.82) is 0 Å². The van der Waals surface area contributed by atoms with Gasteiger partial charge in [0.25, 0.3) is 0 Å². The molecule has 2 N–H and O–H groups in total. The lowest BCUT2D eigenvalue weighted by Gasteiger charge is -2.14. The van der Waals surface area contributed by atoms with E-state index in [0.717, 1.165) is 37.3 Å². The molecule has 0 aliphatic heterocycles. The third-order valence-electron chi connectivity index (χ3n) is 4.76. The second-order valence-electron chi connectivity index (χ2n) is 7.38. The van der Waals surface area contributed by atoms with E-state index in [1.54, 1.807) is 7.11 Å². The lowest BCUT2D eigenvalue weighted by atomic mass is 10.0. The fourth-order valence-corrected chi connectivity index (χ4v) is 3.42. The second kappa shape index (κ2) is 8.76. The molecule has 0 radical (unpaired) electrons. The number of aryl methyl sites for hydroxylation is 1. The number of hydrogen-bond donors (Lipinski definition) is 1. The first-order valence-electron chi connectivity index (χ1n) is 9.57. The Kier molecular flexibility index (Phi) is 6.17. The van der Waals surface area contributed by atoms with Gasteiger partial charge in [-0.25, -0.2) is 4.98 Å². The molecule has 27 heavy (non-hydrogen) atoms. The van der Waals surface area contributed by atoms with Gasteiger partial charge in [-0.15, -0.1) is 0 Å². The Hall–Kier alpha value is -2.75. The zero-order valence-electron chi connectivity index (χ0n) is 16.5. The Labute approximate surface area is 162 Å². The van der Waals surface area contributed by atoms with Crippen molar-refractivity contribution in [2.45, 2.75) is 39.7 Å². The molecule has 142 valence electrons. The van der Waals surface area contributed by atoms with Crippen molar-refractivity contribution in [2.75, 3.05) is 12.8 Å². The number of methoxy groups -OCH3 is 1. The van der Waals surface area contributed by atoms with Crippen molar-refractivity contribution in [3.63, 3.8) is 0 Å². The molecule has 3 aromatic rings. The average Bonchev–Trinajstić information content (AvgIpc) is 2.95. The van der Waals surface area contributed by atoms with Crippen molar-refractivity contribution in [1.82, 2.24) is 9.55 Å². The predicted octanol–water partition coefficient (Wildman–Crippen LogP) is 4.51. The molecule has 4 heteroatoms. The van der Waals surface area contributed by atoms with Crippen molar-refractivity contribution < 1.29 is 4.74 Å². The summed E-state index contributed by atoms with van der Waals surface area (Å²) in [4.78, 5) is 4.72. The monoisotopic (exact) mass is 363 g/mol. The van der Waals surface area contributed by atoms with Gasteiger partial charge in [-0.1, -0.05) is 56.3 Å². The van der Waals surface area contributed by atoms with Gasteiger partial charge in [0.2, 0.25) is 5.95 Å². The van der Waals surface area contributed by atoms with E-state index in [1.807, 2.05) is 18.2 Å². The molecule has 0 atom stereocenters. The van der Waals surface area contributed by atoms with Gasteiger partial charge >= 0.3 is 0 Å². The molecule has 0 bridgehead atoms. The van der Waals surface area contributed by atoms with E-state index in [9.17, 15) is 0 Å². The Bertz CT molecular complexity index is 869. The van der Waals surface area contributed by atoms with Gasteiger partial charge in [0.15, 0.2) is 0 Å². The van der Waals surface area contributed by atoms with Crippen molar-refractivity contribution in [2.24, 2.45) is 5.92 Å². The van der Waals surface area contributed by atoms with Gasteiger partial charge in [-0.05, 0) is 42.0 Å². The van der Waals surface area contributed by atoms with Crippen LogP contribution in [-0.2, 0) is 25.8 Å². The van der Waals surface area contributed by atoms with Crippen LogP contribution in [0.25, 0.3) is 0 Å². The molecule has 0 amide bonds. The summed E-state index contributed by atoms with van der Waals surface area (Å²) >= 11 is 0. The summed E-state index contributed by atoms with van der Waals surface area (Å²) in [7, 11) is 1.70. The molecule has 0 fully saturated rings. The largest absolute Gasteiger partial charge is 0.497 e. The minimum Gasteiger partial charge on any atom is -0.497 e. The highest BCUT2D eigenvalue weighted by atomic mass is 16.5. The molecule has 0 saturated heterocycles. The third kappa shape index (κ3) is 4.91. The minimum atomic E-state index is 0.547. The molecule has 1 aromatic heterocycles. The second-order valence-corrected chi connectivity index (χ2v) is 7.38. The van der Waals surface area contributed by atoms with Gasteiger partial charge in [0.1, 0.15) is 5.75 Å². The number of anilines is 1. The van der Waals surface area contributed by atoms with E-state index in [1.165, 1.54) is 16.8 Å². The third-order valence-corrected chi connectivity index (χ3v) is 4.76. The first-order valence-corrected chi connectivity index (χ1v) is 9.57. The van der Waals surface area contributed by atoms with Crippen LogP contribution in [-0.4, -0.2) is 16.7 Å². The van der Waals surface area contributed by atoms with E-state index >= 15 is 0 Å². The molecule has 3 rings (SSSR count). The van der Waals surface area contributed by atoms with Gasteiger partial charge < -0.3 is 15.0 Å². The van der Waals surface area contributed by atoms with Crippen molar-refractivity contribution in [3.05, 3.63) is 77.1 Å². The normalized spacial score (nSPS) is 11.1. The quantitative estimate of drug-likeness (QED) is 0.641. The Morgan fingerprint density at radius 3 is 2.48 bits per heavy atom. The highest BCUT2D eigenvalue weighted by molar-refractivity contribution is 5.34. The van der Waals surface area contributed by atoms with E-state index in [4.69, 9.17) is 15.5 Å². The van der Waals surface area contributed by atoms with Gasteiger partial charge in [-0.3, -0.25) is 0 Å². The number of nitrogens with zero attached hydrogens (tertiary/aromatic N) is 2. The minimum absolute atomic E-state index is 0.547. The van der Waals surface area contributed by atoms with Gasteiger partial charge in [-0.2, -0.15) is 0 Å². The Morgan fingerprint density at radius 2 is 1.78 bits per heavy atom. The van der Waals surface area contributed by atoms with Crippen LogP contribution in [0.4, 0.5) is 5.95 Å². The van der Waals surface area contributed by atoms with Crippen LogP contribution in [0.15, 0.2) is 54.6 Å². The summed E-state index contributed by atoms with van der Waals surface area (Å²) in [5, 5.41) is 0. The SMILES string of the molecule is COc1cccc(CCn2c(N)nc(Cc3ccccc3)c2CC(C)C)c1. The lowest BCUT2D eigenvalue weighted by Crippen LogP contribution is -2.12. The van der Waals surface area contributed by atoms with Gasteiger partial charge in [0.05, 0.1) is 12.8 Å². The Balaban J connectivity index is 1.84. The first kappa shape index (κ1) is 19.0. The van der Waals surface area contributed by atoms with Crippen LogP contribution in [0.3, 0.4) is 0 Å². The smallest absolute Gasteiger partial charge is 0.200 e. The summed E-state index contributed by atoms with van der Waals surface area (Å²) in [6.07, 6.45) is 2.69. The van der Waals surface area contributed by atoms with Crippen LogP contribution < -0.4 is 10.5 Å². The van der Waals surface area contributed by atoms with Crippen LogP contribution in [0, 0.1) is 5.92 Å². The number of nitrogen functional groups attached to an aromatic ring is 1. The molecular formula is C23H29N3O. The van der Waals surface area contributed by atoms with Crippen molar-refractivity contribution >= 4 is 5.95 Å². The van der Waals surface area contributed by atoms with E-state index in [0.29, 0.717) is 11.9 Å². The topological polar surface area (TPSA) is 53.1 Å². The standard InChI is InChI=1S/C23H29N3O/c1-17(2)14-22-21(16-18-8-5-4-6-9-18)25-23(24)26(22)13-12-19-10-7-11-20(15-19)27-3/h4-11,15,17H,12-14,16H2,1-3H3,(H2,24,25). The fraction of sp³-hybridized carbons (Fsp3) is 0.348. The lowest BCUT2D eigenvalue weighted by molar-refractivity contribution is 0.414. The number of benzene rings is 2. The predicted molar refractivity (Wildman–Crippen MR) is 111 cm³/mol. The Morgan fingerprint density at radius 1 is 1.04 bits per heavy atom. The number of aromatic nitrogens is 2. The van der Waals surface area contributed by atoms with E-state index in [-0.39, 0.29) is 0 Å². The highest BCUT2D eigenvalue weighted by Crippen LogP contribution is 2.22. The molecule has 0 aliphatic carbocycles. The van der Waals surface area contributed by atoms with E-state index in [2.05, 4.69) is 54.8 Å².